The van der Waals surface area contributed by atoms with Gasteiger partial charge < -0.3 is 15.4 Å². The molecule has 0 bridgehead atoms. The van der Waals surface area contributed by atoms with Gasteiger partial charge in [-0.3, -0.25) is 0 Å². The predicted octanol–water partition coefficient (Wildman–Crippen LogP) is 3.83. The Morgan fingerprint density at radius 2 is 1.90 bits per heavy atom. The van der Waals surface area contributed by atoms with E-state index in [-0.39, 0.29) is 6.04 Å². The number of alkyl halides is 3. The maximum Gasteiger partial charge on any atom is 0.405 e. The van der Waals surface area contributed by atoms with Gasteiger partial charge in [-0.25, -0.2) is 0 Å². The lowest BCUT2D eigenvalue weighted by atomic mass is 10.2. The first-order valence-electron chi connectivity index (χ1n) is 6.59. The van der Waals surface area contributed by atoms with Crippen LogP contribution in [-0.2, 0) is 0 Å². The van der Waals surface area contributed by atoms with Crippen molar-refractivity contribution in [2.24, 2.45) is 0 Å². The van der Waals surface area contributed by atoms with Gasteiger partial charge in [0.15, 0.2) is 0 Å². The van der Waals surface area contributed by atoms with E-state index in [4.69, 9.17) is 10.5 Å². The highest BCUT2D eigenvalue weighted by Crippen LogP contribution is 2.29. The van der Waals surface area contributed by atoms with Gasteiger partial charge >= 0.3 is 6.18 Å². The van der Waals surface area contributed by atoms with Crippen molar-refractivity contribution in [3.63, 3.8) is 0 Å². The summed E-state index contributed by atoms with van der Waals surface area (Å²) in [5.74, 6) is 0.495. The zero-order valence-electron chi connectivity index (χ0n) is 12.0. The van der Waals surface area contributed by atoms with Crippen LogP contribution in [0.3, 0.4) is 0 Å². The number of nitrogens with two attached hydrogens (primary N) is 1. The van der Waals surface area contributed by atoms with Crippen molar-refractivity contribution in [3.05, 3.63) is 18.2 Å². The molecule has 20 heavy (non-hydrogen) atoms. The molecule has 0 fully saturated rings. The van der Waals surface area contributed by atoms with Crippen LogP contribution in [0.15, 0.2) is 18.2 Å². The molecule has 0 saturated heterocycles. The largest absolute Gasteiger partial charge is 0.493 e. The first-order chi connectivity index (χ1) is 9.23. The van der Waals surface area contributed by atoms with Gasteiger partial charge in [0.25, 0.3) is 0 Å². The van der Waals surface area contributed by atoms with E-state index >= 15 is 0 Å². The van der Waals surface area contributed by atoms with E-state index in [0.29, 0.717) is 23.7 Å². The molecule has 1 aromatic carbocycles. The van der Waals surface area contributed by atoms with Crippen LogP contribution in [0, 0.1) is 0 Å². The Morgan fingerprint density at radius 3 is 2.40 bits per heavy atom. The lowest BCUT2D eigenvalue weighted by Crippen LogP contribution is -2.39. The Labute approximate surface area is 117 Å². The molecular weight excluding hydrogens is 269 g/mol. The number of benzene rings is 1. The molecule has 0 radical (unpaired) electrons. The number of rotatable bonds is 6. The highest BCUT2D eigenvalue weighted by atomic mass is 19.4. The molecule has 0 aliphatic carbocycles. The normalized spacial score (nSPS) is 11.8. The number of nitrogen functional groups attached to an aromatic ring is 1. The molecule has 114 valence electrons. The number of halogens is 3. The zero-order chi connectivity index (χ0) is 15.3. The van der Waals surface area contributed by atoms with Crippen LogP contribution in [0.5, 0.6) is 5.75 Å². The summed E-state index contributed by atoms with van der Waals surface area (Å²) in [7, 11) is 0. The average molecular weight is 290 g/mol. The minimum atomic E-state index is -4.26. The molecule has 1 aromatic rings. The maximum absolute atomic E-state index is 12.7. The van der Waals surface area contributed by atoms with E-state index in [1.807, 2.05) is 6.92 Å². The second kappa shape index (κ2) is 6.72. The van der Waals surface area contributed by atoms with Crippen LogP contribution >= 0.6 is 0 Å². The van der Waals surface area contributed by atoms with E-state index in [1.54, 1.807) is 26.0 Å². The van der Waals surface area contributed by atoms with Crippen molar-refractivity contribution < 1.29 is 17.9 Å². The fourth-order valence-electron chi connectivity index (χ4n) is 1.84. The third kappa shape index (κ3) is 5.19. The fraction of sp³-hybridized carbons (Fsp3) is 0.571. The molecule has 0 unspecified atom stereocenters. The summed E-state index contributed by atoms with van der Waals surface area (Å²) >= 11 is 0. The van der Waals surface area contributed by atoms with Crippen LogP contribution in [-0.4, -0.2) is 25.4 Å². The fourth-order valence-corrected chi connectivity index (χ4v) is 1.84. The number of nitrogens with zero attached hydrogens (tertiary/aromatic N) is 1. The van der Waals surface area contributed by atoms with E-state index in [9.17, 15) is 13.2 Å². The first-order valence-corrected chi connectivity index (χ1v) is 6.59. The number of hydrogen-bond acceptors (Lipinski definition) is 3. The van der Waals surface area contributed by atoms with Gasteiger partial charge in [0.2, 0.25) is 0 Å². The molecule has 0 amide bonds. The van der Waals surface area contributed by atoms with Gasteiger partial charge in [0.05, 0.1) is 6.61 Å². The lowest BCUT2D eigenvalue weighted by molar-refractivity contribution is -0.120. The second-order valence-corrected chi connectivity index (χ2v) is 4.95. The van der Waals surface area contributed by atoms with Gasteiger partial charge in [-0.05, 0) is 26.3 Å². The average Bonchev–Trinajstić information content (AvgIpc) is 2.31. The molecule has 0 aliphatic rings. The Hall–Kier alpha value is -1.59. The predicted molar refractivity (Wildman–Crippen MR) is 75.2 cm³/mol. The molecule has 0 atom stereocenters. The maximum atomic E-state index is 12.7. The lowest BCUT2D eigenvalue weighted by Gasteiger charge is -2.30. The summed E-state index contributed by atoms with van der Waals surface area (Å²) in [5.41, 5.74) is 6.55. The van der Waals surface area contributed by atoms with Crippen LogP contribution in [0.2, 0.25) is 0 Å². The van der Waals surface area contributed by atoms with E-state index in [1.165, 1.54) is 11.0 Å². The Balaban J connectivity index is 3.03. The van der Waals surface area contributed by atoms with Crippen molar-refractivity contribution in [3.8, 4) is 5.75 Å². The molecule has 2 N–H and O–H groups in total. The summed E-state index contributed by atoms with van der Waals surface area (Å²) in [6.45, 7) is 4.87. The minimum Gasteiger partial charge on any atom is -0.493 e. The van der Waals surface area contributed by atoms with Crippen molar-refractivity contribution in [1.82, 2.24) is 0 Å². The highest BCUT2D eigenvalue weighted by molar-refractivity contribution is 5.61. The van der Waals surface area contributed by atoms with Gasteiger partial charge in [0.1, 0.15) is 12.3 Å². The zero-order valence-corrected chi connectivity index (χ0v) is 12.0. The Kier molecular flexibility index (Phi) is 5.53. The molecule has 0 heterocycles. The van der Waals surface area contributed by atoms with Crippen LogP contribution in [0.25, 0.3) is 0 Å². The summed E-state index contributed by atoms with van der Waals surface area (Å²) in [4.78, 5) is 1.26. The van der Waals surface area contributed by atoms with Crippen molar-refractivity contribution >= 4 is 11.4 Å². The quantitative estimate of drug-likeness (QED) is 0.809. The number of hydrogen-bond donors (Lipinski definition) is 1. The van der Waals surface area contributed by atoms with Crippen molar-refractivity contribution in [2.75, 3.05) is 23.8 Å². The highest BCUT2D eigenvalue weighted by Gasteiger charge is 2.32. The van der Waals surface area contributed by atoms with E-state index in [2.05, 4.69) is 0 Å². The topological polar surface area (TPSA) is 38.5 Å². The SMILES string of the molecule is CCCOc1cc(N)cc(N(CC(F)(F)F)C(C)C)c1. The smallest absolute Gasteiger partial charge is 0.405 e. The molecule has 0 saturated carbocycles. The molecular formula is C14H21F3N2O. The summed E-state index contributed by atoms with van der Waals surface area (Å²) in [6.07, 6.45) is -3.44. The molecule has 0 aromatic heterocycles. The molecule has 3 nitrogen and oxygen atoms in total. The summed E-state index contributed by atoms with van der Waals surface area (Å²) in [5, 5.41) is 0. The third-order valence-corrected chi connectivity index (χ3v) is 2.69. The van der Waals surface area contributed by atoms with Crippen LogP contribution in [0.1, 0.15) is 27.2 Å². The Morgan fingerprint density at radius 1 is 1.25 bits per heavy atom. The standard InChI is InChI=1S/C14H21F3N2O/c1-4-5-20-13-7-11(18)6-12(8-13)19(10(2)3)9-14(15,16)17/h6-8,10H,4-5,9,18H2,1-3H3. The number of ether oxygens (including phenoxy) is 1. The number of anilines is 2. The van der Waals surface area contributed by atoms with E-state index in [0.717, 1.165) is 6.42 Å². The molecule has 0 spiro atoms. The van der Waals surface area contributed by atoms with Gasteiger partial charge in [-0.1, -0.05) is 6.92 Å². The monoisotopic (exact) mass is 290 g/mol. The van der Waals surface area contributed by atoms with E-state index < -0.39 is 12.7 Å². The third-order valence-electron chi connectivity index (χ3n) is 2.69. The van der Waals surface area contributed by atoms with Crippen molar-refractivity contribution in [1.29, 1.82) is 0 Å². The second-order valence-electron chi connectivity index (χ2n) is 4.95. The summed E-state index contributed by atoms with van der Waals surface area (Å²) < 4.78 is 43.4. The van der Waals surface area contributed by atoms with Gasteiger partial charge in [-0.15, -0.1) is 0 Å². The minimum absolute atomic E-state index is 0.294. The van der Waals surface area contributed by atoms with Gasteiger partial charge in [-0.2, -0.15) is 13.2 Å². The van der Waals surface area contributed by atoms with Crippen LogP contribution < -0.4 is 15.4 Å². The molecule has 6 heteroatoms. The summed E-state index contributed by atoms with van der Waals surface area (Å²) in [6, 6.07) is 4.45. The van der Waals surface area contributed by atoms with Crippen molar-refractivity contribution in [2.45, 2.75) is 39.4 Å². The first kappa shape index (κ1) is 16.5. The Bertz CT molecular complexity index is 433. The molecule has 1 rings (SSSR count). The van der Waals surface area contributed by atoms with Crippen LogP contribution in [0.4, 0.5) is 24.5 Å². The molecule has 0 aliphatic heterocycles. The van der Waals surface area contributed by atoms with Gasteiger partial charge in [0, 0.05) is 29.5 Å².